The summed E-state index contributed by atoms with van der Waals surface area (Å²) in [6.07, 6.45) is 4.70. The lowest BCUT2D eigenvalue weighted by atomic mass is 9.96. The zero-order chi connectivity index (χ0) is 20.4. The number of rotatable bonds is 4. The van der Waals surface area contributed by atoms with Crippen LogP contribution in [0, 0.1) is 16.0 Å². The van der Waals surface area contributed by atoms with Crippen LogP contribution in [0.4, 0.5) is 17.2 Å². The van der Waals surface area contributed by atoms with Crippen LogP contribution in [0.15, 0.2) is 48.8 Å². The van der Waals surface area contributed by atoms with Crippen molar-refractivity contribution in [2.24, 2.45) is 5.92 Å². The lowest BCUT2D eigenvalue weighted by molar-refractivity contribution is -0.383. The Morgan fingerprint density at radius 3 is 2.86 bits per heavy atom. The number of hydrogen-bond donors (Lipinski definition) is 1. The van der Waals surface area contributed by atoms with Crippen LogP contribution in [0.5, 0.6) is 0 Å². The van der Waals surface area contributed by atoms with E-state index in [1.165, 1.54) is 12.3 Å². The Labute approximate surface area is 171 Å². The maximum absolute atomic E-state index is 12.7. The summed E-state index contributed by atoms with van der Waals surface area (Å²) >= 11 is 5.83. The van der Waals surface area contributed by atoms with E-state index in [4.69, 9.17) is 11.6 Å². The van der Waals surface area contributed by atoms with Crippen molar-refractivity contribution in [3.63, 3.8) is 0 Å². The van der Waals surface area contributed by atoms with Gasteiger partial charge >= 0.3 is 0 Å². The van der Waals surface area contributed by atoms with Gasteiger partial charge in [0.15, 0.2) is 0 Å². The molecule has 1 N–H and O–H groups in total. The first-order chi connectivity index (χ1) is 14.0. The molecular weight excluding hydrogens is 394 g/mol. The molecule has 1 amide bonds. The second-order valence-electron chi connectivity index (χ2n) is 6.90. The molecule has 0 radical (unpaired) electrons. The quantitative estimate of drug-likeness (QED) is 0.513. The molecule has 3 heterocycles. The Morgan fingerprint density at radius 1 is 1.24 bits per heavy atom. The first-order valence-corrected chi connectivity index (χ1v) is 9.60. The van der Waals surface area contributed by atoms with Crippen LogP contribution in [-0.2, 0) is 4.79 Å². The van der Waals surface area contributed by atoms with Gasteiger partial charge in [-0.25, -0.2) is 4.98 Å². The Kier molecular flexibility index (Phi) is 5.26. The van der Waals surface area contributed by atoms with Crippen molar-refractivity contribution >= 4 is 45.6 Å². The third-order valence-corrected chi connectivity index (χ3v) is 5.26. The number of halogens is 1. The summed E-state index contributed by atoms with van der Waals surface area (Å²) in [4.78, 5) is 34.2. The standard InChI is InChI=1S/C20H18ClN5O3/c21-14-5-8-18(23-11-14)24-20(27)13-3-2-10-25(12-13)17-7-6-16(26(28)29)15-4-1-9-22-19(15)17/h1,4-9,11,13H,2-3,10,12H2,(H,23,24,27). The molecule has 148 valence electrons. The molecule has 1 unspecified atom stereocenters. The van der Waals surface area contributed by atoms with E-state index in [-0.39, 0.29) is 17.5 Å². The molecule has 2 aromatic heterocycles. The molecule has 0 bridgehead atoms. The molecule has 1 aliphatic rings. The number of amides is 1. The van der Waals surface area contributed by atoms with Crippen molar-refractivity contribution < 1.29 is 9.72 Å². The Balaban J connectivity index is 1.57. The summed E-state index contributed by atoms with van der Waals surface area (Å²) in [6, 6.07) is 9.94. The van der Waals surface area contributed by atoms with Crippen LogP contribution >= 0.6 is 11.6 Å². The average Bonchev–Trinajstić information content (AvgIpc) is 2.74. The molecule has 4 rings (SSSR count). The number of carbonyl (C=O) groups is 1. The van der Waals surface area contributed by atoms with Gasteiger partial charge < -0.3 is 10.2 Å². The molecule has 1 atom stereocenters. The summed E-state index contributed by atoms with van der Waals surface area (Å²) in [5.74, 6) is 0.123. The molecule has 3 aromatic rings. The first kappa shape index (κ1) is 19.1. The Bertz CT molecular complexity index is 1070. The van der Waals surface area contributed by atoms with Crippen LogP contribution in [0.2, 0.25) is 5.02 Å². The number of non-ortho nitro benzene ring substituents is 1. The number of fused-ring (bicyclic) bond motifs is 1. The van der Waals surface area contributed by atoms with E-state index in [1.807, 2.05) is 0 Å². The van der Waals surface area contributed by atoms with Gasteiger partial charge in [-0.15, -0.1) is 0 Å². The second-order valence-corrected chi connectivity index (χ2v) is 7.33. The maximum atomic E-state index is 12.7. The van der Waals surface area contributed by atoms with E-state index >= 15 is 0 Å². The zero-order valence-corrected chi connectivity index (χ0v) is 16.2. The fourth-order valence-electron chi connectivity index (χ4n) is 3.65. The van der Waals surface area contributed by atoms with Crippen LogP contribution in [0.3, 0.4) is 0 Å². The number of hydrogen-bond acceptors (Lipinski definition) is 6. The van der Waals surface area contributed by atoms with Crippen molar-refractivity contribution in [3.8, 4) is 0 Å². The Morgan fingerprint density at radius 2 is 2.10 bits per heavy atom. The Hall–Kier alpha value is -3.26. The fourth-order valence-corrected chi connectivity index (χ4v) is 3.76. The molecule has 1 fully saturated rings. The van der Waals surface area contributed by atoms with Crippen LogP contribution in [0.1, 0.15) is 12.8 Å². The van der Waals surface area contributed by atoms with Crippen molar-refractivity contribution in [2.75, 3.05) is 23.3 Å². The van der Waals surface area contributed by atoms with Gasteiger partial charge in [-0.2, -0.15) is 0 Å². The SMILES string of the molecule is O=C(Nc1ccc(Cl)cn1)C1CCCN(c2ccc([N+](=O)[O-])c3cccnc23)C1. The van der Waals surface area contributed by atoms with Gasteiger partial charge in [0.25, 0.3) is 5.69 Å². The fraction of sp³-hybridized carbons (Fsp3) is 0.250. The highest BCUT2D eigenvalue weighted by atomic mass is 35.5. The molecule has 29 heavy (non-hydrogen) atoms. The average molecular weight is 412 g/mol. The summed E-state index contributed by atoms with van der Waals surface area (Å²) < 4.78 is 0. The van der Waals surface area contributed by atoms with E-state index in [9.17, 15) is 14.9 Å². The molecule has 9 heteroatoms. The van der Waals surface area contributed by atoms with Crippen LogP contribution in [-0.4, -0.2) is 33.9 Å². The summed E-state index contributed by atoms with van der Waals surface area (Å²) in [7, 11) is 0. The molecule has 1 aliphatic heterocycles. The minimum Gasteiger partial charge on any atom is -0.369 e. The third kappa shape index (κ3) is 3.97. The van der Waals surface area contributed by atoms with Crippen molar-refractivity contribution in [2.45, 2.75) is 12.8 Å². The van der Waals surface area contributed by atoms with Gasteiger partial charge in [-0.1, -0.05) is 11.6 Å². The number of aromatic nitrogens is 2. The summed E-state index contributed by atoms with van der Waals surface area (Å²) in [5, 5.41) is 15.2. The molecule has 0 aliphatic carbocycles. The molecule has 0 spiro atoms. The highest BCUT2D eigenvalue weighted by molar-refractivity contribution is 6.30. The van der Waals surface area contributed by atoms with E-state index in [1.54, 1.807) is 36.5 Å². The van der Waals surface area contributed by atoms with E-state index < -0.39 is 4.92 Å². The zero-order valence-electron chi connectivity index (χ0n) is 15.4. The van der Waals surface area contributed by atoms with Crippen molar-refractivity contribution in [1.29, 1.82) is 0 Å². The molecule has 1 aromatic carbocycles. The number of carbonyl (C=O) groups excluding carboxylic acids is 1. The van der Waals surface area contributed by atoms with Crippen LogP contribution in [0.25, 0.3) is 10.9 Å². The number of pyridine rings is 2. The number of piperidine rings is 1. The minimum atomic E-state index is -0.403. The highest BCUT2D eigenvalue weighted by Gasteiger charge is 2.28. The number of benzene rings is 1. The van der Waals surface area contributed by atoms with Gasteiger partial charge in [0.1, 0.15) is 11.3 Å². The lowest BCUT2D eigenvalue weighted by Crippen LogP contribution is -2.41. The number of nitro benzene ring substituents is 1. The lowest BCUT2D eigenvalue weighted by Gasteiger charge is -2.34. The largest absolute Gasteiger partial charge is 0.369 e. The van der Waals surface area contributed by atoms with Crippen molar-refractivity contribution in [3.05, 3.63) is 63.9 Å². The molecular formula is C20H18ClN5O3. The van der Waals surface area contributed by atoms with Gasteiger partial charge in [-0.05, 0) is 43.2 Å². The predicted molar refractivity (Wildman–Crippen MR) is 111 cm³/mol. The highest BCUT2D eigenvalue weighted by Crippen LogP contribution is 2.34. The van der Waals surface area contributed by atoms with Gasteiger partial charge in [0.05, 0.1) is 26.9 Å². The minimum absolute atomic E-state index is 0.0250. The second kappa shape index (κ2) is 8.00. The monoisotopic (exact) mass is 411 g/mol. The van der Waals surface area contributed by atoms with Gasteiger partial charge in [-0.3, -0.25) is 19.9 Å². The number of anilines is 2. The normalized spacial score (nSPS) is 16.6. The molecule has 0 saturated carbocycles. The first-order valence-electron chi connectivity index (χ1n) is 9.22. The van der Waals surface area contributed by atoms with Gasteiger partial charge in [0.2, 0.25) is 5.91 Å². The van der Waals surface area contributed by atoms with E-state index in [0.29, 0.717) is 28.3 Å². The van der Waals surface area contributed by atoms with Crippen LogP contribution < -0.4 is 10.2 Å². The third-order valence-electron chi connectivity index (χ3n) is 5.03. The maximum Gasteiger partial charge on any atom is 0.278 e. The smallest absolute Gasteiger partial charge is 0.278 e. The topological polar surface area (TPSA) is 101 Å². The molecule has 1 saturated heterocycles. The summed E-state index contributed by atoms with van der Waals surface area (Å²) in [6.45, 7) is 1.26. The summed E-state index contributed by atoms with van der Waals surface area (Å²) in [5.41, 5.74) is 1.40. The molecule has 8 nitrogen and oxygen atoms in total. The number of nitrogens with zero attached hydrogens (tertiary/aromatic N) is 4. The number of nitrogens with one attached hydrogen (secondary N) is 1. The number of nitro groups is 1. The van der Waals surface area contributed by atoms with E-state index in [2.05, 4.69) is 20.2 Å². The van der Waals surface area contributed by atoms with Gasteiger partial charge in [0, 0.05) is 31.5 Å². The predicted octanol–water partition coefficient (Wildman–Crippen LogP) is 4.05. The van der Waals surface area contributed by atoms with E-state index in [0.717, 1.165) is 25.1 Å². The van der Waals surface area contributed by atoms with Crippen molar-refractivity contribution in [1.82, 2.24) is 9.97 Å².